The molecule has 0 spiro atoms. The molecule has 0 unspecified atom stereocenters. The van der Waals surface area contributed by atoms with E-state index in [0.717, 1.165) is 30.3 Å². The van der Waals surface area contributed by atoms with E-state index in [-0.39, 0.29) is 5.91 Å². The smallest absolute Gasteiger partial charge is 0.255 e. The molecular formula is C17H20ClN5O. The number of amides is 1. The van der Waals surface area contributed by atoms with Gasteiger partial charge < -0.3 is 15.1 Å². The molecule has 1 amide bonds. The van der Waals surface area contributed by atoms with Crippen molar-refractivity contribution in [2.24, 2.45) is 0 Å². The van der Waals surface area contributed by atoms with Gasteiger partial charge in [-0.05, 0) is 25.1 Å². The molecule has 0 radical (unpaired) electrons. The normalized spacial score (nSPS) is 14.6. The molecule has 1 aromatic heterocycles. The first-order valence-electron chi connectivity index (χ1n) is 7.89. The van der Waals surface area contributed by atoms with Crippen molar-refractivity contribution in [3.63, 3.8) is 0 Å². The molecule has 0 bridgehead atoms. The number of halogens is 1. The van der Waals surface area contributed by atoms with E-state index in [9.17, 15) is 4.79 Å². The molecule has 0 saturated carbocycles. The topological polar surface area (TPSA) is 61.4 Å². The minimum Gasteiger partial charge on any atom is -0.388 e. The Balaban J connectivity index is 1.71. The van der Waals surface area contributed by atoms with E-state index in [4.69, 9.17) is 11.6 Å². The van der Waals surface area contributed by atoms with Gasteiger partial charge in [0.2, 0.25) is 0 Å². The second-order valence-corrected chi connectivity index (χ2v) is 6.10. The standard InChI is InChI=1S/C17H20ClN5O/c1-12-16(21-6-5-20-12)22-7-9-23(10-8-22)17(24)14-11-13(19-2)3-4-15(14)18/h3-6,11,19H,7-10H2,1-2H3. The predicted octanol–water partition coefficient (Wildman–Crippen LogP) is 2.44. The summed E-state index contributed by atoms with van der Waals surface area (Å²) in [5.74, 6) is 0.854. The second-order valence-electron chi connectivity index (χ2n) is 5.69. The predicted molar refractivity (Wildman–Crippen MR) is 95.9 cm³/mol. The largest absolute Gasteiger partial charge is 0.388 e. The highest BCUT2D eigenvalue weighted by Crippen LogP contribution is 2.23. The third kappa shape index (κ3) is 3.28. The molecule has 1 fully saturated rings. The minimum absolute atomic E-state index is 0.0346. The Labute approximate surface area is 146 Å². The molecule has 0 aliphatic carbocycles. The van der Waals surface area contributed by atoms with Crippen molar-refractivity contribution in [1.29, 1.82) is 0 Å². The zero-order chi connectivity index (χ0) is 17.1. The van der Waals surface area contributed by atoms with Gasteiger partial charge in [0, 0.05) is 51.3 Å². The monoisotopic (exact) mass is 345 g/mol. The third-order valence-corrected chi connectivity index (χ3v) is 4.54. The van der Waals surface area contributed by atoms with Crippen molar-refractivity contribution in [1.82, 2.24) is 14.9 Å². The summed E-state index contributed by atoms with van der Waals surface area (Å²) in [6.07, 6.45) is 3.39. The van der Waals surface area contributed by atoms with Gasteiger partial charge in [-0.2, -0.15) is 0 Å². The van der Waals surface area contributed by atoms with Gasteiger partial charge >= 0.3 is 0 Å². The average molecular weight is 346 g/mol. The van der Waals surface area contributed by atoms with Crippen LogP contribution in [0, 0.1) is 6.92 Å². The lowest BCUT2D eigenvalue weighted by atomic mass is 10.1. The Bertz CT molecular complexity index is 744. The van der Waals surface area contributed by atoms with Crippen LogP contribution in [0.2, 0.25) is 5.02 Å². The van der Waals surface area contributed by atoms with Crippen LogP contribution in [0.3, 0.4) is 0 Å². The Morgan fingerprint density at radius 2 is 1.88 bits per heavy atom. The molecule has 126 valence electrons. The molecule has 7 heteroatoms. The molecule has 2 heterocycles. The number of rotatable bonds is 3. The number of nitrogens with zero attached hydrogens (tertiary/aromatic N) is 4. The van der Waals surface area contributed by atoms with Gasteiger partial charge in [0.25, 0.3) is 5.91 Å². The Kier molecular flexibility index (Phi) is 4.85. The number of anilines is 2. The first-order chi connectivity index (χ1) is 11.6. The van der Waals surface area contributed by atoms with Crippen LogP contribution in [-0.2, 0) is 0 Å². The number of benzene rings is 1. The van der Waals surface area contributed by atoms with Crippen molar-refractivity contribution in [3.8, 4) is 0 Å². The average Bonchev–Trinajstić information content (AvgIpc) is 2.62. The molecule has 0 atom stereocenters. The highest BCUT2D eigenvalue weighted by atomic mass is 35.5. The number of carbonyl (C=O) groups is 1. The van der Waals surface area contributed by atoms with Crippen molar-refractivity contribution in [3.05, 3.63) is 46.9 Å². The lowest BCUT2D eigenvalue weighted by Gasteiger charge is -2.36. The van der Waals surface area contributed by atoms with Crippen LogP contribution in [0.4, 0.5) is 11.5 Å². The van der Waals surface area contributed by atoms with Crippen molar-refractivity contribution >= 4 is 29.0 Å². The van der Waals surface area contributed by atoms with E-state index in [1.807, 2.05) is 24.9 Å². The molecule has 2 aromatic rings. The number of aryl methyl sites for hydroxylation is 1. The summed E-state index contributed by atoms with van der Waals surface area (Å²) in [4.78, 5) is 25.4. The lowest BCUT2D eigenvalue weighted by molar-refractivity contribution is 0.0746. The van der Waals surface area contributed by atoms with Crippen LogP contribution in [0.25, 0.3) is 0 Å². The van der Waals surface area contributed by atoms with Gasteiger partial charge in [-0.1, -0.05) is 11.6 Å². The van der Waals surface area contributed by atoms with Crippen LogP contribution in [0.15, 0.2) is 30.6 Å². The van der Waals surface area contributed by atoms with Gasteiger partial charge in [0.05, 0.1) is 16.3 Å². The third-order valence-electron chi connectivity index (χ3n) is 4.21. The minimum atomic E-state index is -0.0346. The molecule has 24 heavy (non-hydrogen) atoms. The maximum absolute atomic E-state index is 12.8. The first kappa shape index (κ1) is 16.5. The summed E-state index contributed by atoms with van der Waals surface area (Å²) in [7, 11) is 1.82. The van der Waals surface area contributed by atoms with E-state index in [0.29, 0.717) is 23.7 Å². The summed E-state index contributed by atoms with van der Waals surface area (Å²) in [5, 5.41) is 3.51. The van der Waals surface area contributed by atoms with Crippen molar-refractivity contribution in [2.75, 3.05) is 43.4 Å². The molecule has 1 saturated heterocycles. The quantitative estimate of drug-likeness (QED) is 0.925. The fourth-order valence-electron chi connectivity index (χ4n) is 2.85. The van der Waals surface area contributed by atoms with E-state index in [1.54, 1.807) is 24.5 Å². The van der Waals surface area contributed by atoms with Gasteiger partial charge in [-0.25, -0.2) is 4.98 Å². The molecular weight excluding hydrogens is 326 g/mol. The van der Waals surface area contributed by atoms with E-state index >= 15 is 0 Å². The number of hydrogen-bond acceptors (Lipinski definition) is 5. The number of nitrogens with one attached hydrogen (secondary N) is 1. The zero-order valence-corrected chi connectivity index (χ0v) is 14.5. The summed E-state index contributed by atoms with van der Waals surface area (Å²) >= 11 is 6.21. The first-order valence-corrected chi connectivity index (χ1v) is 8.27. The highest BCUT2D eigenvalue weighted by Gasteiger charge is 2.25. The van der Waals surface area contributed by atoms with Gasteiger partial charge in [-0.15, -0.1) is 0 Å². The van der Waals surface area contributed by atoms with E-state index in [1.165, 1.54) is 0 Å². The van der Waals surface area contributed by atoms with E-state index in [2.05, 4.69) is 20.2 Å². The van der Waals surface area contributed by atoms with Gasteiger partial charge in [0.1, 0.15) is 5.82 Å². The fourth-order valence-corrected chi connectivity index (χ4v) is 3.05. The lowest BCUT2D eigenvalue weighted by Crippen LogP contribution is -2.49. The number of aromatic nitrogens is 2. The van der Waals surface area contributed by atoms with Crippen LogP contribution in [-0.4, -0.2) is 54.0 Å². The molecule has 1 N–H and O–H groups in total. The van der Waals surface area contributed by atoms with Crippen molar-refractivity contribution in [2.45, 2.75) is 6.92 Å². The SMILES string of the molecule is CNc1ccc(Cl)c(C(=O)N2CCN(c3nccnc3C)CC2)c1. The fraction of sp³-hybridized carbons (Fsp3) is 0.353. The highest BCUT2D eigenvalue weighted by molar-refractivity contribution is 6.34. The Morgan fingerprint density at radius 3 is 2.54 bits per heavy atom. The molecule has 1 aliphatic rings. The van der Waals surface area contributed by atoms with Gasteiger partial charge in [-0.3, -0.25) is 9.78 Å². The van der Waals surface area contributed by atoms with Gasteiger partial charge in [0.15, 0.2) is 0 Å². The Morgan fingerprint density at radius 1 is 1.17 bits per heavy atom. The summed E-state index contributed by atoms with van der Waals surface area (Å²) in [5.41, 5.74) is 2.31. The van der Waals surface area contributed by atoms with Crippen LogP contribution in [0.5, 0.6) is 0 Å². The summed E-state index contributed by atoms with van der Waals surface area (Å²) in [6.45, 7) is 4.68. The number of piperazine rings is 1. The number of hydrogen-bond donors (Lipinski definition) is 1. The summed E-state index contributed by atoms with van der Waals surface area (Å²) in [6, 6.07) is 5.40. The van der Waals surface area contributed by atoms with Crippen LogP contribution in [0.1, 0.15) is 16.1 Å². The maximum Gasteiger partial charge on any atom is 0.255 e. The molecule has 3 rings (SSSR count). The molecule has 1 aliphatic heterocycles. The number of carbonyl (C=O) groups excluding carboxylic acids is 1. The van der Waals surface area contributed by atoms with Crippen molar-refractivity contribution < 1.29 is 4.79 Å². The molecule has 6 nitrogen and oxygen atoms in total. The Hall–Kier alpha value is -2.34. The molecule has 1 aromatic carbocycles. The second kappa shape index (κ2) is 7.05. The zero-order valence-electron chi connectivity index (χ0n) is 13.8. The van der Waals surface area contributed by atoms with Crippen LogP contribution < -0.4 is 10.2 Å². The van der Waals surface area contributed by atoms with E-state index < -0.39 is 0 Å². The maximum atomic E-state index is 12.8. The van der Waals surface area contributed by atoms with Crippen LogP contribution >= 0.6 is 11.6 Å². The summed E-state index contributed by atoms with van der Waals surface area (Å²) < 4.78 is 0.